The van der Waals surface area contributed by atoms with Crippen LogP contribution in [0.25, 0.3) is 28.2 Å². The number of hydrazone groups is 1. The second kappa shape index (κ2) is 10.6. The molecule has 1 aromatic heterocycles. The predicted molar refractivity (Wildman–Crippen MR) is 153 cm³/mol. The molecule has 5 nitrogen and oxygen atoms in total. The number of aromatic hydroxyl groups is 1. The molecule has 176 valence electrons. The van der Waals surface area contributed by atoms with Crippen LogP contribution in [0.2, 0.25) is 0 Å². The molecular formula is C30H22IN3O2. The van der Waals surface area contributed by atoms with Gasteiger partial charge in [0.05, 0.1) is 21.2 Å². The Labute approximate surface area is 222 Å². The first-order valence-electron chi connectivity index (χ1n) is 11.3. The summed E-state index contributed by atoms with van der Waals surface area (Å²) in [6.07, 6.45) is 1.55. The highest BCUT2D eigenvalue weighted by Gasteiger charge is 2.14. The Morgan fingerprint density at radius 3 is 1.92 bits per heavy atom. The maximum absolute atomic E-state index is 12.7. The van der Waals surface area contributed by atoms with Crippen molar-refractivity contribution in [3.63, 3.8) is 0 Å². The highest BCUT2D eigenvalue weighted by molar-refractivity contribution is 14.1. The molecule has 0 bridgehead atoms. The standard InChI is InChI=1S/C30H22IN3O2/c31-26-19-21(11-18-29(26)35)20-32-33-30(36)24-12-14-25(15-13-24)34-27(22-7-3-1-4-8-22)16-17-28(34)23-9-5-2-6-10-23/h1-20,35H,(H,33,36)/b32-20-. The normalized spacial score (nSPS) is 11.0. The van der Waals surface area contributed by atoms with Gasteiger partial charge in [-0.2, -0.15) is 5.10 Å². The van der Waals surface area contributed by atoms with Crippen molar-refractivity contribution in [1.29, 1.82) is 0 Å². The summed E-state index contributed by atoms with van der Waals surface area (Å²) in [5.74, 6) is -0.0873. The number of phenolic OH excluding ortho intramolecular Hbond substituents is 1. The number of carbonyl (C=O) groups excluding carboxylic acids is 1. The number of amides is 1. The number of carbonyl (C=O) groups is 1. The minimum Gasteiger partial charge on any atom is -0.507 e. The Morgan fingerprint density at radius 2 is 1.36 bits per heavy atom. The Morgan fingerprint density at radius 1 is 0.778 bits per heavy atom. The van der Waals surface area contributed by atoms with Crippen molar-refractivity contribution in [1.82, 2.24) is 9.99 Å². The molecule has 0 saturated carbocycles. The van der Waals surface area contributed by atoms with E-state index < -0.39 is 0 Å². The third-order valence-corrected chi connectivity index (χ3v) is 6.62. The smallest absolute Gasteiger partial charge is 0.271 e. The van der Waals surface area contributed by atoms with Crippen molar-refractivity contribution in [3.8, 4) is 34.0 Å². The van der Waals surface area contributed by atoms with Crippen LogP contribution in [0.1, 0.15) is 15.9 Å². The molecule has 0 spiro atoms. The van der Waals surface area contributed by atoms with E-state index in [1.165, 1.54) is 0 Å². The van der Waals surface area contributed by atoms with Gasteiger partial charge in [0.2, 0.25) is 0 Å². The molecule has 0 fully saturated rings. The summed E-state index contributed by atoms with van der Waals surface area (Å²) in [6.45, 7) is 0. The van der Waals surface area contributed by atoms with Crippen molar-refractivity contribution in [2.45, 2.75) is 0 Å². The summed E-state index contributed by atoms with van der Waals surface area (Å²) in [5, 5.41) is 13.7. The number of benzene rings is 4. The topological polar surface area (TPSA) is 66.6 Å². The lowest BCUT2D eigenvalue weighted by molar-refractivity contribution is 0.0955. The molecule has 0 saturated heterocycles. The van der Waals surface area contributed by atoms with Crippen molar-refractivity contribution in [2.75, 3.05) is 0 Å². The number of rotatable bonds is 6. The van der Waals surface area contributed by atoms with Crippen LogP contribution in [0.5, 0.6) is 5.75 Å². The van der Waals surface area contributed by atoms with Gasteiger partial charge < -0.3 is 9.67 Å². The van der Waals surface area contributed by atoms with E-state index >= 15 is 0 Å². The zero-order chi connectivity index (χ0) is 24.9. The van der Waals surface area contributed by atoms with E-state index in [0.29, 0.717) is 9.13 Å². The van der Waals surface area contributed by atoms with Crippen molar-refractivity contribution in [2.24, 2.45) is 5.10 Å². The highest BCUT2D eigenvalue weighted by Crippen LogP contribution is 2.32. The van der Waals surface area contributed by atoms with E-state index in [4.69, 9.17) is 0 Å². The molecule has 0 radical (unpaired) electrons. The van der Waals surface area contributed by atoms with Crippen LogP contribution in [0.15, 0.2) is 120 Å². The van der Waals surface area contributed by atoms with Gasteiger partial charge in [0, 0.05) is 11.3 Å². The van der Waals surface area contributed by atoms with Crippen molar-refractivity contribution >= 4 is 34.7 Å². The third kappa shape index (κ3) is 5.08. The zero-order valence-electron chi connectivity index (χ0n) is 19.2. The molecule has 1 heterocycles. The Kier molecular flexibility index (Phi) is 6.95. The summed E-state index contributed by atoms with van der Waals surface area (Å²) in [7, 11) is 0. The van der Waals surface area contributed by atoms with Crippen molar-refractivity contribution < 1.29 is 9.90 Å². The molecule has 36 heavy (non-hydrogen) atoms. The molecular weight excluding hydrogens is 561 g/mol. The van der Waals surface area contributed by atoms with Gasteiger partial charge in [-0.1, -0.05) is 60.7 Å². The SMILES string of the molecule is O=C(N/N=C\c1ccc(O)c(I)c1)c1ccc(-n2c(-c3ccccc3)ccc2-c2ccccc2)cc1. The molecule has 0 aliphatic heterocycles. The fourth-order valence-electron chi connectivity index (χ4n) is 3.98. The minimum absolute atomic E-state index is 0.213. The summed E-state index contributed by atoms with van der Waals surface area (Å²) in [5.41, 5.74) is 9.17. The van der Waals surface area contributed by atoms with Crippen LogP contribution in [0.3, 0.4) is 0 Å². The summed E-state index contributed by atoms with van der Waals surface area (Å²) >= 11 is 2.04. The van der Waals surface area contributed by atoms with Gasteiger partial charge in [-0.15, -0.1) is 0 Å². The third-order valence-electron chi connectivity index (χ3n) is 5.76. The van der Waals surface area contributed by atoms with E-state index in [-0.39, 0.29) is 11.7 Å². The van der Waals surface area contributed by atoms with Gasteiger partial charge in [-0.25, -0.2) is 5.43 Å². The van der Waals surface area contributed by atoms with Crippen LogP contribution in [0.4, 0.5) is 0 Å². The Bertz CT molecular complexity index is 1470. The van der Waals surface area contributed by atoms with E-state index in [0.717, 1.165) is 33.8 Å². The lowest BCUT2D eigenvalue weighted by Gasteiger charge is -2.15. The minimum atomic E-state index is -0.301. The van der Waals surface area contributed by atoms with Crippen LogP contribution >= 0.6 is 22.6 Å². The molecule has 1 amide bonds. The molecule has 0 unspecified atom stereocenters. The van der Waals surface area contributed by atoms with Crippen LogP contribution < -0.4 is 5.43 Å². The van der Waals surface area contributed by atoms with Gasteiger partial charge in [0.1, 0.15) is 5.75 Å². The van der Waals surface area contributed by atoms with Gasteiger partial charge in [-0.3, -0.25) is 4.79 Å². The molecule has 6 heteroatoms. The number of nitrogens with zero attached hydrogens (tertiary/aromatic N) is 2. The Hall–Kier alpha value is -4.17. The van der Waals surface area contributed by atoms with Crippen LogP contribution in [-0.2, 0) is 0 Å². The number of nitrogens with one attached hydrogen (secondary N) is 1. The zero-order valence-corrected chi connectivity index (χ0v) is 21.3. The maximum Gasteiger partial charge on any atom is 0.271 e. The fraction of sp³-hybridized carbons (Fsp3) is 0. The molecule has 0 atom stereocenters. The van der Waals surface area contributed by atoms with Crippen LogP contribution in [-0.4, -0.2) is 21.8 Å². The number of aromatic nitrogens is 1. The largest absolute Gasteiger partial charge is 0.507 e. The molecule has 0 aliphatic rings. The summed E-state index contributed by atoms with van der Waals surface area (Å²) in [6, 6.07) is 37.3. The first-order chi connectivity index (χ1) is 17.6. The van der Waals surface area contributed by atoms with E-state index in [1.54, 1.807) is 36.5 Å². The summed E-state index contributed by atoms with van der Waals surface area (Å²) in [4.78, 5) is 12.7. The van der Waals surface area contributed by atoms with E-state index in [1.807, 2.05) is 71.1 Å². The Balaban J connectivity index is 1.42. The number of phenols is 1. The first kappa shape index (κ1) is 23.6. The second-order valence-electron chi connectivity index (χ2n) is 8.13. The molecule has 4 aromatic carbocycles. The lowest BCUT2D eigenvalue weighted by atomic mass is 10.1. The number of halogens is 1. The average Bonchev–Trinajstić information content (AvgIpc) is 3.37. The second-order valence-corrected chi connectivity index (χ2v) is 9.29. The lowest BCUT2D eigenvalue weighted by Crippen LogP contribution is -2.17. The number of hydrogen-bond acceptors (Lipinski definition) is 3. The van der Waals surface area contributed by atoms with Crippen LogP contribution in [0, 0.1) is 3.57 Å². The number of hydrogen-bond donors (Lipinski definition) is 2. The monoisotopic (exact) mass is 583 g/mol. The summed E-state index contributed by atoms with van der Waals surface area (Å²) < 4.78 is 2.92. The predicted octanol–water partition coefficient (Wildman–Crippen LogP) is 6.89. The molecule has 5 aromatic rings. The molecule has 2 N–H and O–H groups in total. The van der Waals surface area contributed by atoms with Gasteiger partial charge in [0.15, 0.2) is 0 Å². The highest BCUT2D eigenvalue weighted by atomic mass is 127. The van der Waals surface area contributed by atoms with Gasteiger partial charge in [-0.05, 0) is 93.9 Å². The first-order valence-corrected chi connectivity index (χ1v) is 12.4. The molecule has 0 aliphatic carbocycles. The maximum atomic E-state index is 12.7. The van der Waals surface area contributed by atoms with E-state index in [2.05, 4.69) is 51.5 Å². The van der Waals surface area contributed by atoms with E-state index in [9.17, 15) is 9.90 Å². The average molecular weight is 583 g/mol. The quantitative estimate of drug-likeness (QED) is 0.130. The van der Waals surface area contributed by atoms with Gasteiger partial charge in [0.25, 0.3) is 5.91 Å². The van der Waals surface area contributed by atoms with Gasteiger partial charge >= 0.3 is 0 Å². The van der Waals surface area contributed by atoms with Crippen molar-refractivity contribution in [3.05, 3.63) is 130 Å². The fourth-order valence-corrected chi connectivity index (χ4v) is 4.52. The molecule has 5 rings (SSSR count).